The molecule has 0 N–H and O–H groups in total. The lowest BCUT2D eigenvalue weighted by Crippen LogP contribution is -2.16. The number of nitrogens with zero attached hydrogens (tertiary/aromatic N) is 3. The van der Waals surface area contributed by atoms with Crippen molar-refractivity contribution in [3.05, 3.63) is 42.9 Å². The van der Waals surface area contributed by atoms with E-state index in [4.69, 9.17) is 16.9 Å². The van der Waals surface area contributed by atoms with Crippen molar-refractivity contribution < 1.29 is 19.4 Å². The Bertz CT molecular complexity index is 654. The first-order valence-electron chi connectivity index (χ1n) is 5.51. The zero-order valence-electron chi connectivity index (χ0n) is 10.6. The molecule has 0 amide bonds. The molecular formula is C11H8ClN3O6. The third-order valence-electron chi connectivity index (χ3n) is 2.45. The topological polar surface area (TPSA) is 136 Å². The van der Waals surface area contributed by atoms with Gasteiger partial charge in [0.05, 0.1) is 34.2 Å². The summed E-state index contributed by atoms with van der Waals surface area (Å²) in [4.78, 5) is 31.5. The van der Waals surface area contributed by atoms with E-state index >= 15 is 0 Å². The maximum absolute atomic E-state index is 11.6. The summed E-state index contributed by atoms with van der Waals surface area (Å²) in [6.45, 7) is 1.48. The van der Waals surface area contributed by atoms with Gasteiger partial charge >= 0.3 is 5.97 Å². The number of carbonyl (C=O) groups excluding carboxylic acids is 1. The third kappa shape index (κ3) is 3.43. The predicted octanol–water partition coefficient (Wildman–Crippen LogP) is 2.33. The van der Waals surface area contributed by atoms with E-state index in [1.54, 1.807) is 6.07 Å². The number of carbonyl (C=O) groups is 1. The Kier molecular flexibility index (Phi) is 5.15. The molecule has 1 atom stereocenters. The SMILES string of the molecule is CCOC(=O)[C@@H](C#N)c1cc(Cl)c([N+](=O)[O-])cc1[N+](=O)[O-]. The number of hydrogen-bond acceptors (Lipinski definition) is 7. The van der Waals surface area contributed by atoms with Gasteiger partial charge in [0, 0.05) is 0 Å². The molecule has 0 saturated heterocycles. The number of hydrogen-bond donors (Lipinski definition) is 0. The van der Waals surface area contributed by atoms with Crippen molar-refractivity contribution in [3.8, 4) is 6.07 Å². The van der Waals surface area contributed by atoms with Crippen LogP contribution in [0.1, 0.15) is 18.4 Å². The zero-order chi connectivity index (χ0) is 16.2. The van der Waals surface area contributed by atoms with Crippen molar-refractivity contribution in [3.63, 3.8) is 0 Å². The van der Waals surface area contributed by atoms with E-state index in [-0.39, 0.29) is 12.2 Å². The smallest absolute Gasteiger partial charge is 0.328 e. The molecule has 0 unspecified atom stereocenters. The van der Waals surface area contributed by atoms with Crippen LogP contribution >= 0.6 is 11.6 Å². The number of halogens is 1. The summed E-state index contributed by atoms with van der Waals surface area (Å²) in [7, 11) is 0. The second-order valence-electron chi connectivity index (χ2n) is 3.69. The highest BCUT2D eigenvalue weighted by Crippen LogP contribution is 2.36. The molecule has 0 saturated carbocycles. The largest absolute Gasteiger partial charge is 0.465 e. The highest BCUT2D eigenvalue weighted by molar-refractivity contribution is 6.32. The van der Waals surface area contributed by atoms with Crippen LogP contribution in [0, 0.1) is 31.6 Å². The first-order valence-corrected chi connectivity index (χ1v) is 5.89. The molecule has 0 fully saturated rings. The van der Waals surface area contributed by atoms with Crippen molar-refractivity contribution in [2.45, 2.75) is 12.8 Å². The van der Waals surface area contributed by atoms with Crippen LogP contribution < -0.4 is 0 Å². The molecule has 0 heterocycles. The van der Waals surface area contributed by atoms with Crippen LogP contribution in [0.2, 0.25) is 5.02 Å². The van der Waals surface area contributed by atoms with Gasteiger partial charge in [-0.1, -0.05) is 11.6 Å². The van der Waals surface area contributed by atoms with Crippen LogP contribution in [0.4, 0.5) is 11.4 Å². The average Bonchev–Trinajstić information content (AvgIpc) is 2.39. The van der Waals surface area contributed by atoms with Crippen molar-refractivity contribution in [1.29, 1.82) is 5.26 Å². The molecule has 0 bridgehead atoms. The van der Waals surface area contributed by atoms with Crippen LogP contribution in [0.15, 0.2) is 12.1 Å². The van der Waals surface area contributed by atoms with Gasteiger partial charge in [-0.05, 0) is 13.0 Å². The first-order chi connectivity index (χ1) is 9.83. The minimum absolute atomic E-state index is 0.0223. The van der Waals surface area contributed by atoms with Gasteiger partial charge in [0.15, 0.2) is 5.92 Å². The average molecular weight is 314 g/mol. The summed E-state index contributed by atoms with van der Waals surface area (Å²) >= 11 is 5.66. The predicted molar refractivity (Wildman–Crippen MR) is 69.7 cm³/mol. The van der Waals surface area contributed by atoms with Gasteiger partial charge in [-0.25, -0.2) is 0 Å². The molecule has 1 rings (SSSR count). The molecule has 0 spiro atoms. The van der Waals surface area contributed by atoms with Gasteiger partial charge in [-0.3, -0.25) is 25.0 Å². The van der Waals surface area contributed by atoms with Crippen LogP contribution in [0.25, 0.3) is 0 Å². The minimum atomic E-state index is -1.59. The van der Waals surface area contributed by atoms with Crippen LogP contribution in [-0.4, -0.2) is 22.4 Å². The maximum Gasteiger partial charge on any atom is 0.328 e. The lowest BCUT2D eigenvalue weighted by atomic mass is 9.98. The summed E-state index contributed by atoms with van der Waals surface area (Å²) in [6, 6.07) is 3.04. The second-order valence-corrected chi connectivity index (χ2v) is 4.10. The summed E-state index contributed by atoms with van der Waals surface area (Å²) < 4.78 is 4.64. The lowest BCUT2D eigenvalue weighted by Gasteiger charge is -2.09. The summed E-state index contributed by atoms with van der Waals surface area (Å²) in [5.41, 5.74) is -1.78. The zero-order valence-corrected chi connectivity index (χ0v) is 11.4. The first kappa shape index (κ1) is 16.3. The van der Waals surface area contributed by atoms with E-state index in [1.807, 2.05) is 0 Å². The van der Waals surface area contributed by atoms with Crippen LogP contribution in [-0.2, 0) is 9.53 Å². The minimum Gasteiger partial charge on any atom is -0.465 e. The number of ether oxygens (including phenoxy) is 1. The number of benzene rings is 1. The Balaban J connectivity index is 3.51. The monoisotopic (exact) mass is 313 g/mol. The van der Waals surface area contributed by atoms with Gasteiger partial charge in [0.25, 0.3) is 11.4 Å². The van der Waals surface area contributed by atoms with Gasteiger partial charge in [0.1, 0.15) is 5.02 Å². The number of nitro benzene ring substituents is 2. The fraction of sp³-hybridized carbons (Fsp3) is 0.273. The van der Waals surface area contributed by atoms with E-state index in [9.17, 15) is 25.0 Å². The molecule has 0 aliphatic carbocycles. The maximum atomic E-state index is 11.6. The number of rotatable bonds is 5. The molecule has 0 aromatic heterocycles. The van der Waals surface area contributed by atoms with E-state index in [0.29, 0.717) is 6.07 Å². The normalized spacial score (nSPS) is 11.3. The van der Waals surface area contributed by atoms with Crippen LogP contribution in [0.3, 0.4) is 0 Å². The molecule has 0 aliphatic rings. The summed E-state index contributed by atoms with van der Waals surface area (Å²) in [6.07, 6.45) is 0. The van der Waals surface area contributed by atoms with Crippen molar-refractivity contribution in [1.82, 2.24) is 0 Å². The molecule has 9 nitrogen and oxygen atoms in total. The standard InChI is InChI=1S/C11H8ClN3O6/c1-2-21-11(16)7(5-13)6-3-8(12)10(15(19)20)4-9(6)14(17)18/h3-4,7H,2H2,1H3/t7-/m0/s1. The summed E-state index contributed by atoms with van der Waals surface area (Å²) in [5, 5.41) is 30.3. The Morgan fingerprint density at radius 1 is 1.38 bits per heavy atom. The van der Waals surface area contributed by atoms with Crippen LogP contribution in [0.5, 0.6) is 0 Å². The van der Waals surface area contributed by atoms with E-state index in [1.165, 1.54) is 6.92 Å². The highest BCUT2D eigenvalue weighted by Gasteiger charge is 2.32. The highest BCUT2D eigenvalue weighted by atomic mass is 35.5. The molecular weight excluding hydrogens is 306 g/mol. The van der Waals surface area contributed by atoms with Crippen molar-refractivity contribution in [2.24, 2.45) is 0 Å². The Morgan fingerprint density at radius 3 is 2.38 bits per heavy atom. The van der Waals surface area contributed by atoms with Gasteiger partial charge < -0.3 is 4.74 Å². The molecule has 1 aromatic rings. The molecule has 0 aliphatic heterocycles. The molecule has 10 heteroatoms. The molecule has 110 valence electrons. The van der Waals surface area contributed by atoms with E-state index < -0.39 is 38.1 Å². The number of esters is 1. The Hall–Kier alpha value is -2.73. The number of nitriles is 1. The summed E-state index contributed by atoms with van der Waals surface area (Å²) in [5.74, 6) is -2.59. The number of nitro groups is 2. The molecule has 21 heavy (non-hydrogen) atoms. The van der Waals surface area contributed by atoms with Gasteiger partial charge in [0.2, 0.25) is 0 Å². The van der Waals surface area contributed by atoms with Crippen molar-refractivity contribution in [2.75, 3.05) is 6.61 Å². The van der Waals surface area contributed by atoms with E-state index in [0.717, 1.165) is 6.07 Å². The third-order valence-corrected chi connectivity index (χ3v) is 2.75. The lowest BCUT2D eigenvalue weighted by molar-refractivity contribution is -0.394. The van der Waals surface area contributed by atoms with Gasteiger partial charge in [-0.15, -0.1) is 0 Å². The quantitative estimate of drug-likeness (QED) is 0.462. The Labute approximate surface area is 123 Å². The molecule has 0 radical (unpaired) electrons. The fourth-order valence-corrected chi connectivity index (χ4v) is 1.81. The van der Waals surface area contributed by atoms with E-state index in [2.05, 4.69) is 4.74 Å². The molecule has 1 aromatic carbocycles. The fourth-order valence-electron chi connectivity index (χ4n) is 1.57. The van der Waals surface area contributed by atoms with Gasteiger partial charge in [-0.2, -0.15) is 5.26 Å². The Morgan fingerprint density at radius 2 is 1.95 bits per heavy atom. The second kappa shape index (κ2) is 6.62. The van der Waals surface area contributed by atoms with Crippen molar-refractivity contribution >= 4 is 28.9 Å².